The lowest BCUT2D eigenvalue weighted by Crippen LogP contribution is -2.09. The van der Waals surface area contributed by atoms with Crippen LogP contribution in [0.25, 0.3) is 10.9 Å². The van der Waals surface area contributed by atoms with Crippen molar-refractivity contribution in [3.63, 3.8) is 0 Å². The largest absolute Gasteiger partial charge is 0.480 e. The lowest BCUT2D eigenvalue weighted by atomic mass is 10.2. The third kappa shape index (κ3) is 3.67. The van der Waals surface area contributed by atoms with Crippen LogP contribution in [0.3, 0.4) is 0 Å². The topological polar surface area (TPSA) is 76.4 Å². The van der Waals surface area contributed by atoms with Crippen molar-refractivity contribution in [2.75, 3.05) is 6.26 Å². The first-order valence-corrected chi connectivity index (χ1v) is 11.2. The number of sulfone groups is 1. The minimum absolute atomic E-state index is 0.119. The number of carboxylic acids is 1. The van der Waals surface area contributed by atoms with Gasteiger partial charge in [0.1, 0.15) is 6.54 Å². The summed E-state index contributed by atoms with van der Waals surface area (Å²) in [6.07, 6.45) is 1.18. The van der Waals surface area contributed by atoms with Gasteiger partial charge < -0.3 is 9.67 Å². The molecule has 1 heterocycles. The molecule has 136 valence electrons. The molecule has 0 saturated heterocycles. The molecule has 3 rings (SSSR count). The third-order valence-corrected chi connectivity index (χ3v) is 7.01. The fraction of sp³-hybridized carbons (Fsp3) is 0.167. The zero-order valence-electron chi connectivity index (χ0n) is 14.1. The molecular weight excluding hydrogens is 438 g/mol. The summed E-state index contributed by atoms with van der Waals surface area (Å²) in [6.45, 7) is 1.77. The Balaban J connectivity index is 2.10. The standard InChI is InChI=1S/C18H16BrNO4S2/c1-11-18(25-12-6-8-13(9-7-12)26(2,23)24)17-14(19)4-3-5-15(17)20(11)10-16(21)22/h3-9H,10H2,1-2H3,(H,21,22). The summed E-state index contributed by atoms with van der Waals surface area (Å²) in [5.41, 5.74) is 1.70. The van der Waals surface area contributed by atoms with Crippen LogP contribution < -0.4 is 0 Å². The van der Waals surface area contributed by atoms with Gasteiger partial charge in [-0.05, 0) is 43.3 Å². The van der Waals surface area contributed by atoms with E-state index in [1.807, 2.05) is 25.1 Å². The fourth-order valence-corrected chi connectivity index (χ4v) is 5.18. The van der Waals surface area contributed by atoms with Crippen LogP contribution in [0.4, 0.5) is 0 Å². The molecule has 0 saturated carbocycles. The van der Waals surface area contributed by atoms with E-state index in [9.17, 15) is 18.3 Å². The van der Waals surface area contributed by atoms with Gasteiger partial charge in [0.15, 0.2) is 9.84 Å². The van der Waals surface area contributed by atoms with Crippen LogP contribution in [0.15, 0.2) is 61.6 Å². The van der Waals surface area contributed by atoms with E-state index in [0.717, 1.165) is 30.9 Å². The molecule has 1 N–H and O–H groups in total. The highest BCUT2D eigenvalue weighted by Gasteiger charge is 2.19. The highest BCUT2D eigenvalue weighted by Crippen LogP contribution is 2.41. The number of hydrogen-bond donors (Lipinski definition) is 1. The van der Waals surface area contributed by atoms with Crippen molar-refractivity contribution in [3.8, 4) is 0 Å². The van der Waals surface area contributed by atoms with Crippen molar-refractivity contribution in [2.24, 2.45) is 0 Å². The molecule has 1 aromatic heterocycles. The van der Waals surface area contributed by atoms with Crippen LogP contribution >= 0.6 is 27.7 Å². The van der Waals surface area contributed by atoms with E-state index >= 15 is 0 Å². The van der Waals surface area contributed by atoms with Gasteiger partial charge >= 0.3 is 5.97 Å². The Morgan fingerprint density at radius 2 is 1.85 bits per heavy atom. The average molecular weight is 454 g/mol. The fourth-order valence-electron chi connectivity index (χ4n) is 2.78. The predicted molar refractivity (Wildman–Crippen MR) is 106 cm³/mol. The Morgan fingerprint density at radius 1 is 1.19 bits per heavy atom. The van der Waals surface area contributed by atoms with Gasteiger partial charge in [-0.3, -0.25) is 4.79 Å². The number of nitrogens with zero attached hydrogens (tertiary/aromatic N) is 1. The minimum Gasteiger partial charge on any atom is -0.480 e. The summed E-state index contributed by atoms with van der Waals surface area (Å²) in [5, 5.41) is 10.2. The molecule has 5 nitrogen and oxygen atoms in total. The second-order valence-corrected chi connectivity index (χ2v) is 9.83. The summed E-state index contributed by atoms with van der Waals surface area (Å²) < 4.78 is 25.9. The molecule has 0 aliphatic carbocycles. The van der Waals surface area contributed by atoms with Gasteiger partial charge in [0.05, 0.1) is 10.4 Å². The summed E-state index contributed by atoms with van der Waals surface area (Å²) in [6, 6.07) is 12.4. The maximum absolute atomic E-state index is 11.6. The first kappa shape index (κ1) is 19.0. The molecule has 26 heavy (non-hydrogen) atoms. The normalized spacial score (nSPS) is 11.8. The number of halogens is 1. The van der Waals surface area contributed by atoms with Crippen molar-refractivity contribution in [1.82, 2.24) is 4.57 Å². The quantitative estimate of drug-likeness (QED) is 0.621. The van der Waals surface area contributed by atoms with Crippen molar-refractivity contribution in [2.45, 2.75) is 28.2 Å². The van der Waals surface area contributed by atoms with Gasteiger partial charge in [0.2, 0.25) is 0 Å². The number of rotatable bonds is 5. The summed E-state index contributed by atoms with van der Waals surface area (Å²) in [7, 11) is -3.24. The van der Waals surface area contributed by atoms with E-state index in [4.69, 9.17) is 0 Å². The SMILES string of the molecule is Cc1c(Sc2ccc(S(C)(=O)=O)cc2)c2c(Br)cccc2n1CC(=O)O. The lowest BCUT2D eigenvalue weighted by Gasteiger charge is -2.06. The van der Waals surface area contributed by atoms with Crippen LogP contribution in [0.1, 0.15) is 5.69 Å². The molecule has 0 atom stereocenters. The molecular formula is C18H16BrNO4S2. The summed E-state index contributed by atoms with van der Waals surface area (Å²) in [4.78, 5) is 13.3. The third-order valence-electron chi connectivity index (χ3n) is 4.01. The summed E-state index contributed by atoms with van der Waals surface area (Å²) in [5.74, 6) is -0.904. The molecule has 8 heteroatoms. The molecule has 0 amide bonds. The van der Waals surface area contributed by atoms with Gasteiger partial charge in [-0.2, -0.15) is 0 Å². The van der Waals surface area contributed by atoms with Gasteiger partial charge in [0, 0.05) is 31.6 Å². The van der Waals surface area contributed by atoms with Crippen LogP contribution in [0, 0.1) is 6.92 Å². The Morgan fingerprint density at radius 3 is 2.42 bits per heavy atom. The van der Waals surface area contributed by atoms with Crippen molar-refractivity contribution < 1.29 is 18.3 Å². The van der Waals surface area contributed by atoms with E-state index in [2.05, 4.69) is 15.9 Å². The second-order valence-electron chi connectivity index (χ2n) is 5.87. The zero-order valence-corrected chi connectivity index (χ0v) is 17.3. The number of aromatic nitrogens is 1. The van der Waals surface area contributed by atoms with Gasteiger partial charge in [0.25, 0.3) is 0 Å². The Hall–Kier alpha value is -1.77. The molecule has 0 spiro atoms. The van der Waals surface area contributed by atoms with E-state index in [0.29, 0.717) is 0 Å². The predicted octanol–water partition coefficient (Wildman–Crippen LogP) is 4.35. The molecule has 0 aliphatic heterocycles. The van der Waals surface area contributed by atoms with Crippen LogP contribution in [-0.4, -0.2) is 30.3 Å². The number of fused-ring (bicyclic) bond motifs is 1. The number of hydrogen-bond acceptors (Lipinski definition) is 4. The zero-order chi connectivity index (χ0) is 19.1. The molecule has 0 aliphatic rings. The van der Waals surface area contributed by atoms with E-state index < -0.39 is 15.8 Å². The van der Waals surface area contributed by atoms with E-state index in [1.54, 1.807) is 28.8 Å². The number of carbonyl (C=O) groups is 1. The monoisotopic (exact) mass is 453 g/mol. The molecule has 3 aromatic rings. The van der Waals surface area contributed by atoms with Gasteiger partial charge in [-0.25, -0.2) is 8.42 Å². The number of benzene rings is 2. The molecule has 0 radical (unpaired) electrons. The molecule has 0 unspecified atom stereocenters. The number of aliphatic carboxylic acids is 1. The highest BCUT2D eigenvalue weighted by atomic mass is 79.9. The maximum atomic E-state index is 11.6. The van der Waals surface area contributed by atoms with Crippen molar-refractivity contribution in [1.29, 1.82) is 0 Å². The van der Waals surface area contributed by atoms with Crippen LogP contribution in [0.2, 0.25) is 0 Å². The average Bonchev–Trinajstić information content (AvgIpc) is 2.81. The highest BCUT2D eigenvalue weighted by molar-refractivity contribution is 9.10. The minimum atomic E-state index is -3.24. The molecule has 2 aromatic carbocycles. The summed E-state index contributed by atoms with van der Waals surface area (Å²) >= 11 is 5.05. The first-order chi connectivity index (χ1) is 12.2. The smallest absolute Gasteiger partial charge is 0.323 e. The molecule has 0 fully saturated rings. The number of carboxylic acid groups (broad SMARTS) is 1. The molecule has 0 bridgehead atoms. The van der Waals surface area contributed by atoms with Gasteiger partial charge in [-0.15, -0.1) is 0 Å². The van der Waals surface area contributed by atoms with Crippen molar-refractivity contribution in [3.05, 3.63) is 52.6 Å². The van der Waals surface area contributed by atoms with E-state index in [-0.39, 0.29) is 11.4 Å². The van der Waals surface area contributed by atoms with Crippen LogP contribution in [0.5, 0.6) is 0 Å². The Kier molecular flexibility index (Phi) is 5.18. The Bertz CT molecular complexity index is 1100. The van der Waals surface area contributed by atoms with Crippen molar-refractivity contribution >= 4 is 54.4 Å². The lowest BCUT2D eigenvalue weighted by molar-refractivity contribution is -0.137. The maximum Gasteiger partial charge on any atom is 0.323 e. The Labute approximate surface area is 164 Å². The van der Waals surface area contributed by atoms with Gasteiger partial charge in [-0.1, -0.05) is 33.8 Å². The van der Waals surface area contributed by atoms with Crippen LogP contribution in [-0.2, 0) is 21.2 Å². The van der Waals surface area contributed by atoms with E-state index in [1.165, 1.54) is 18.0 Å². The second kappa shape index (κ2) is 7.09. The first-order valence-electron chi connectivity index (χ1n) is 7.65.